The topological polar surface area (TPSA) is 3.24 Å². The fourth-order valence-corrected chi connectivity index (χ4v) is 5.13. The molecule has 6 aromatic rings. The molecule has 0 aliphatic heterocycles. The molecular formula is C39H33N. The Kier molecular flexibility index (Phi) is 7.04. The Morgan fingerprint density at radius 3 is 1.12 bits per heavy atom. The first-order chi connectivity index (χ1) is 19.5. The van der Waals surface area contributed by atoms with Crippen LogP contribution in [0.25, 0.3) is 45.8 Å². The molecule has 0 aliphatic carbocycles. The van der Waals surface area contributed by atoms with Crippen molar-refractivity contribution in [2.75, 3.05) is 11.9 Å². The lowest BCUT2D eigenvalue weighted by atomic mass is 10.0. The van der Waals surface area contributed by atoms with Crippen LogP contribution in [0.1, 0.15) is 33.4 Å². The predicted molar refractivity (Wildman–Crippen MR) is 176 cm³/mol. The van der Waals surface area contributed by atoms with Gasteiger partial charge in [0.05, 0.1) is 0 Å². The zero-order valence-electron chi connectivity index (χ0n) is 23.3. The lowest BCUT2D eigenvalue weighted by molar-refractivity contribution is 1.21. The van der Waals surface area contributed by atoms with Crippen LogP contribution in [0.2, 0.25) is 0 Å². The maximum absolute atomic E-state index is 2.24. The van der Waals surface area contributed by atoms with E-state index >= 15 is 0 Å². The maximum Gasteiger partial charge on any atom is 0.0408 e. The highest BCUT2D eigenvalue weighted by Crippen LogP contribution is 2.26. The van der Waals surface area contributed by atoms with Gasteiger partial charge in [-0.3, -0.25) is 0 Å². The minimum Gasteiger partial charge on any atom is -0.345 e. The number of benzene rings is 6. The second-order valence-corrected chi connectivity index (χ2v) is 10.6. The van der Waals surface area contributed by atoms with Crippen LogP contribution in [0, 0.1) is 13.8 Å². The molecule has 0 heterocycles. The first kappa shape index (κ1) is 25.4. The number of hydrogen-bond donors (Lipinski definition) is 0. The second kappa shape index (κ2) is 11.1. The van der Waals surface area contributed by atoms with Crippen molar-refractivity contribution in [1.29, 1.82) is 0 Å². The van der Waals surface area contributed by atoms with E-state index in [1.807, 2.05) is 0 Å². The third-order valence-corrected chi connectivity index (χ3v) is 7.54. The summed E-state index contributed by atoms with van der Waals surface area (Å²) in [7, 11) is 2.11. The van der Waals surface area contributed by atoms with Gasteiger partial charge in [0.25, 0.3) is 0 Å². The largest absolute Gasteiger partial charge is 0.345 e. The normalized spacial score (nSPS) is 11.7. The Hall–Kier alpha value is -4.88. The number of nitrogens with zero attached hydrogens (tertiary/aromatic N) is 1. The van der Waals surface area contributed by atoms with E-state index in [1.165, 1.54) is 54.9 Å². The summed E-state index contributed by atoms with van der Waals surface area (Å²) in [5.74, 6) is 0. The van der Waals surface area contributed by atoms with Crippen molar-refractivity contribution in [2.24, 2.45) is 0 Å². The average Bonchev–Trinajstić information content (AvgIpc) is 2.99. The van der Waals surface area contributed by atoms with Gasteiger partial charge in [-0.1, -0.05) is 120 Å². The molecule has 0 fully saturated rings. The summed E-state index contributed by atoms with van der Waals surface area (Å²) >= 11 is 0. The molecule has 0 aliphatic rings. The van der Waals surface area contributed by atoms with Gasteiger partial charge in [-0.15, -0.1) is 0 Å². The molecule has 0 saturated carbocycles. The number of anilines is 2. The van der Waals surface area contributed by atoms with Crippen molar-refractivity contribution in [3.8, 4) is 0 Å². The van der Waals surface area contributed by atoms with Gasteiger partial charge in [0.2, 0.25) is 0 Å². The van der Waals surface area contributed by atoms with Crippen LogP contribution in [-0.2, 0) is 0 Å². The molecule has 6 aromatic carbocycles. The van der Waals surface area contributed by atoms with Crippen LogP contribution in [0.3, 0.4) is 0 Å². The molecule has 6 rings (SSSR count). The van der Waals surface area contributed by atoms with E-state index < -0.39 is 0 Å². The minimum absolute atomic E-state index is 1.16. The Bertz CT molecular complexity index is 1720. The summed E-state index contributed by atoms with van der Waals surface area (Å²) in [6.07, 6.45) is 8.72. The Labute approximate surface area is 237 Å². The highest BCUT2D eigenvalue weighted by molar-refractivity contribution is 5.87. The van der Waals surface area contributed by atoms with Crippen LogP contribution in [-0.4, -0.2) is 7.05 Å². The molecule has 0 bridgehead atoms. The molecule has 0 saturated heterocycles. The maximum atomic E-state index is 2.24. The molecule has 0 radical (unpaired) electrons. The van der Waals surface area contributed by atoms with Gasteiger partial charge in [-0.25, -0.2) is 0 Å². The second-order valence-electron chi connectivity index (χ2n) is 10.6. The molecule has 0 spiro atoms. The van der Waals surface area contributed by atoms with Gasteiger partial charge in [-0.05, 0) is 94.0 Å². The van der Waals surface area contributed by atoms with E-state index in [4.69, 9.17) is 0 Å². The zero-order valence-corrected chi connectivity index (χ0v) is 23.3. The molecule has 0 aromatic heterocycles. The third kappa shape index (κ3) is 5.75. The van der Waals surface area contributed by atoms with Gasteiger partial charge in [0, 0.05) is 18.4 Å². The Morgan fingerprint density at radius 2 is 0.700 bits per heavy atom. The van der Waals surface area contributed by atoms with Gasteiger partial charge in [-0.2, -0.15) is 0 Å². The van der Waals surface area contributed by atoms with Crippen LogP contribution in [0.5, 0.6) is 0 Å². The van der Waals surface area contributed by atoms with Crippen LogP contribution >= 0.6 is 0 Å². The van der Waals surface area contributed by atoms with E-state index in [0.717, 1.165) is 11.4 Å². The summed E-state index contributed by atoms with van der Waals surface area (Å²) in [6.45, 7) is 4.27. The highest BCUT2D eigenvalue weighted by Gasteiger charge is 2.04. The molecule has 1 heteroatoms. The first-order valence-electron chi connectivity index (χ1n) is 13.8. The highest BCUT2D eigenvalue weighted by atomic mass is 15.1. The molecule has 1 nitrogen and oxygen atoms in total. The Balaban J connectivity index is 1.11. The van der Waals surface area contributed by atoms with E-state index in [2.05, 4.69) is 171 Å². The molecule has 0 atom stereocenters. The molecule has 0 amide bonds. The van der Waals surface area contributed by atoms with Gasteiger partial charge >= 0.3 is 0 Å². The van der Waals surface area contributed by atoms with Gasteiger partial charge in [0.15, 0.2) is 0 Å². The summed E-state index contributed by atoms with van der Waals surface area (Å²) in [6, 6.07) is 43.9. The monoisotopic (exact) mass is 515 g/mol. The van der Waals surface area contributed by atoms with E-state index in [0.29, 0.717) is 0 Å². The fraction of sp³-hybridized carbons (Fsp3) is 0.0769. The van der Waals surface area contributed by atoms with Crippen molar-refractivity contribution >= 4 is 57.2 Å². The van der Waals surface area contributed by atoms with Crippen LogP contribution in [0.15, 0.2) is 121 Å². The van der Waals surface area contributed by atoms with Crippen molar-refractivity contribution in [3.63, 3.8) is 0 Å². The predicted octanol–water partition coefficient (Wildman–Crippen LogP) is 10.7. The lowest BCUT2D eigenvalue weighted by Gasteiger charge is -2.20. The van der Waals surface area contributed by atoms with E-state index in [-0.39, 0.29) is 0 Å². The first-order valence-corrected chi connectivity index (χ1v) is 13.8. The summed E-state index contributed by atoms with van der Waals surface area (Å²) in [5, 5.41) is 5.12. The quantitative estimate of drug-likeness (QED) is 0.199. The summed E-state index contributed by atoms with van der Waals surface area (Å²) < 4.78 is 0. The smallest absolute Gasteiger partial charge is 0.0408 e. The molecular weight excluding hydrogens is 482 g/mol. The lowest BCUT2D eigenvalue weighted by Crippen LogP contribution is -2.08. The zero-order chi connectivity index (χ0) is 27.5. The SMILES string of the molecule is Cc1ccc2cc(C=Cc3ccc(N(C)c4ccc(C=Cc5ccc6cc(C)ccc6c5)cc4)cc3)ccc2c1. The van der Waals surface area contributed by atoms with Gasteiger partial charge in [0.1, 0.15) is 0 Å². The Morgan fingerprint density at radius 1 is 0.375 bits per heavy atom. The van der Waals surface area contributed by atoms with Crippen LogP contribution < -0.4 is 4.90 Å². The van der Waals surface area contributed by atoms with Crippen molar-refractivity contribution in [1.82, 2.24) is 0 Å². The number of fused-ring (bicyclic) bond motifs is 2. The van der Waals surface area contributed by atoms with E-state index in [1.54, 1.807) is 0 Å². The summed E-state index contributed by atoms with van der Waals surface area (Å²) in [4.78, 5) is 2.22. The van der Waals surface area contributed by atoms with Crippen LogP contribution in [0.4, 0.5) is 11.4 Å². The molecule has 0 unspecified atom stereocenters. The molecule has 40 heavy (non-hydrogen) atoms. The number of aryl methyl sites for hydroxylation is 2. The number of hydrogen-bond acceptors (Lipinski definition) is 1. The molecule has 0 N–H and O–H groups in total. The fourth-order valence-electron chi connectivity index (χ4n) is 5.13. The summed E-state index contributed by atoms with van der Waals surface area (Å²) in [5.41, 5.74) is 9.70. The van der Waals surface area contributed by atoms with Gasteiger partial charge < -0.3 is 4.90 Å². The minimum atomic E-state index is 1.16. The standard InChI is InChI=1S/C39H33N/c1-28-4-16-36-26-32(10-18-34(36)24-28)8-6-30-12-20-38(21-13-30)40(3)39-22-14-31(15-23-39)7-9-33-11-19-35-25-29(2)5-17-37(35)27-33/h4-27H,1-3H3. The van der Waals surface area contributed by atoms with E-state index in [9.17, 15) is 0 Å². The molecule has 194 valence electrons. The number of rotatable bonds is 6. The third-order valence-electron chi connectivity index (χ3n) is 7.54. The van der Waals surface area contributed by atoms with Crippen molar-refractivity contribution in [3.05, 3.63) is 155 Å². The average molecular weight is 516 g/mol. The van der Waals surface area contributed by atoms with Crippen molar-refractivity contribution in [2.45, 2.75) is 13.8 Å². The van der Waals surface area contributed by atoms with Crippen molar-refractivity contribution < 1.29 is 0 Å².